The minimum atomic E-state index is -0.690. The first-order valence-corrected chi connectivity index (χ1v) is 10.4. The van der Waals surface area contributed by atoms with Crippen molar-refractivity contribution in [3.8, 4) is 0 Å². The van der Waals surface area contributed by atoms with Gasteiger partial charge in [-0.3, -0.25) is 9.89 Å². The van der Waals surface area contributed by atoms with E-state index in [4.69, 9.17) is 32.9 Å². The molecule has 0 radical (unpaired) electrons. The third-order valence-electron chi connectivity index (χ3n) is 4.33. The molecule has 2 N–H and O–H groups in total. The van der Waals surface area contributed by atoms with Crippen LogP contribution >= 0.6 is 34.5 Å². The smallest absolute Gasteiger partial charge is 0.338 e. The van der Waals surface area contributed by atoms with E-state index in [1.807, 2.05) is 17.3 Å². The number of esters is 1. The number of aliphatic hydroxyl groups is 1. The summed E-state index contributed by atoms with van der Waals surface area (Å²) in [5.74, 6) is 0.0268. The maximum atomic E-state index is 12.7. The highest BCUT2D eigenvalue weighted by Gasteiger charge is 2.34. The first-order valence-electron chi connectivity index (χ1n) is 8.75. The van der Waals surface area contributed by atoms with Gasteiger partial charge in [-0.2, -0.15) is 0 Å². The predicted molar refractivity (Wildman–Crippen MR) is 115 cm³/mol. The van der Waals surface area contributed by atoms with E-state index < -0.39 is 12.0 Å². The number of carbonyl (C=O) groups excluding carboxylic acids is 1. The fourth-order valence-corrected chi connectivity index (χ4v) is 4.09. The molecular formula is C19H20Cl2N4O3S. The molecule has 7 nitrogen and oxygen atoms in total. The zero-order valence-electron chi connectivity index (χ0n) is 15.9. The third kappa shape index (κ3) is 4.96. The van der Waals surface area contributed by atoms with E-state index in [0.717, 1.165) is 0 Å². The highest BCUT2D eigenvalue weighted by molar-refractivity contribution is 7.11. The maximum absolute atomic E-state index is 12.7. The fraction of sp³-hybridized carbons (Fsp3) is 0.316. The molecule has 1 unspecified atom stereocenters. The fourth-order valence-electron chi connectivity index (χ4n) is 2.99. The largest absolute Gasteiger partial charge is 0.466 e. The lowest BCUT2D eigenvalue weighted by atomic mass is 9.95. The number of aromatic nitrogens is 1. The monoisotopic (exact) mass is 454 g/mol. The summed E-state index contributed by atoms with van der Waals surface area (Å²) >= 11 is 13.9. The second-order valence-corrected chi connectivity index (χ2v) is 8.09. The van der Waals surface area contributed by atoms with Crippen molar-refractivity contribution >= 4 is 46.3 Å². The van der Waals surface area contributed by atoms with Crippen LogP contribution in [0.15, 0.2) is 46.0 Å². The molecule has 0 saturated carbocycles. The minimum absolute atomic E-state index is 0.00277. The van der Waals surface area contributed by atoms with Crippen LogP contribution in [0.5, 0.6) is 0 Å². The molecule has 1 atom stereocenters. The van der Waals surface area contributed by atoms with E-state index in [0.29, 0.717) is 50.8 Å². The lowest BCUT2D eigenvalue weighted by Crippen LogP contribution is -2.39. The molecule has 0 saturated heterocycles. The van der Waals surface area contributed by atoms with Crippen molar-refractivity contribution < 1.29 is 14.6 Å². The summed E-state index contributed by atoms with van der Waals surface area (Å²) in [6, 6.07) is 4.38. The average molecular weight is 455 g/mol. The number of aliphatic imine (C=N–C) groups is 1. The normalized spacial score (nSPS) is 16.6. The molecule has 2 aromatic rings. The Kier molecular flexibility index (Phi) is 7.26. The first kappa shape index (κ1) is 21.7. The average Bonchev–Trinajstić information content (AvgIpc) is 3.22. The van der Waals surface area contributed by atoms with Gasteiger partial charge in [-0.05, 0) is 19.2 Å². The summed E-state index contributed by atoms with van der Waals surface area (Å²) in [6.07, 6.45) is 1.69. The quantitative estimate of drug-likeness (QED) is 0.625. The molecule has 1 aromatic carbocycles. The zero-order chi connectivity index (χ0) is 21.0. The van der Waals surface area contributed by atoms with Gasteiger partial charge in [0.15, 0.2) is 10.8 Å². The number of benzene rings is 1. The molecule has 0 spiro atoms. The number of aliphatic hydroxyl groups excluding tert-OH is 1. The van der Waals surface area contributed by atoms with Crippen molar-refractivity contribution in [1.29, 1.82) is 0 Å². The van der Waals surface area contributed by atoms with Gasteiger partial charge in [0, 0.05) is 46.0 Å². The summed E-state index contributed by atoms with van der Waals surface area (Å²) in [6.45, 7) is 0.810. The first-order chi connectivity index (χ1) is 13.9. The van der Waals surface area contributed by atoms with Gasteiger partial charge in [-0.15, -0.1) is 11.3 Å². The summed E-state index contributed by atoms with van der Waals surface area (Å²) in [5.41, 5.74) is 1.60. The van der Waals surface area contributed by atoms with Crippen LogP contribution < -0.4 is 5.32 Å². The molecule has 0 bridgehead atoms. The second kappa shape index (κ2) is 9.69. The number of carbonyl (C=O) groups is 1. The number of methoxy groups -OCH3 is 1. The van der Waals surface area contributed by atoms with Crippen LogP contribution in [-0.4, -0.2) is 60.6 Å². The summed E-state index contributed by atoms with van der Waals surface area (Å²) in [7, 11) is 3.17. The zero-order valence-corrected chi connectivity index (χ0v) is 18.2. The number of halogens is 2. The Bertz CT molecular complexity index is 947. The Morgan fingerprint density at radius 2 is 2.21 bits per heavy atom. The number of hydrogen-bond donors (Lipinski definition) is 2. The Labute approximate surface area is 182 Å². The van der Waals surface area contributed by atoms with Crippen molar-refractivity contribution in [1.82, 2.24) is 15.2 Å². The van der Waals surface area contributed by atoms with E-state index in [-0.39, 0.29) is 6.61 Å². The van der Waals surface area contributed by atoms with Gasteiger partial charge in [0.05, 0.1) is 19.3 Å². The maximum Gasteiger partial charge on any atom is 0.338 e. The Hall–Kier alpha value is -1.97. The van der Waals surface area contributed by atoms with Crippen LogP contribution in [0.4, 0.5) is 0 Å². The molecule has 1 aliphatic rings. The van der Waals surface area contributed by atoms with E-state index in [9.17, 15) is 9.90 Å². The second-order valence-electron chi connectivity index (χ2n) is 6.35. The standard InChI is InChI=1S/C19H20Cl2N4O3S/c1-25(6-7-26)10-14-15(19(27)28-2)16(12-4-3-11(20)9-13(12)21)24-17(23-14)18-22-5-8-29-18/h3-5,8-9,16,26H,6-7,10H2,1-2H3,(H,23,24). The van der Waals surface area contributed by atoms with Gasteiger partial charge >= 0.3 is 5.97 Å². The number of likely N-dealkylation sites (N-methyl/N-ethyl adjacent to an activating group) is 1. The van der Waals surface area contributed by atoms with Crippen molar-refractivity contribution in [3.05, 3.63) is 61.7 Å². The third-order valence-corrected chi connectivity index (χ3v) is 5.68. The van der Waals surface area contributed by atoms with Crippen LogP contribution in [0.2, 0.25) is 10.0 Å². The van der Waals surface area contributed by atoms with Crippen LogP contribution in [0.1, 0.15) is 16.6 Å². The van der Waals surface area contributed by atoms with Crippen molar-refractivity contribution in [2.24, 2.45) is 4.99 Å². The van der Waals surface area contributed by atoms with Gasteiger partial charge in [0.25, 0.3) is 0 Å². The molecule has 29 heavy (non-hydrogen) atoms. The summed E-state index contributed by atoms with van der Waals surface area (Å²) in [5, 5.41) is 15.9. The van der Waals surface area contributed by atoms with Crippen LogP contribution in [0, 0.1) is 0 Å². The number of hydrogen-bond acceptors (Lipinski definition) is 8. The molecule has 10 heteroatoms. The Balaban J connectivity index is 2.14. The van der Waals surface area contributed by atoms with E-state index in [2.05, 4.69) is 10.3 Å². The molecular weight excluding hydrogens is 435 g/mol. The molecule has 1 aliphatic heterocycles. The van der Waals surface area contributed by atoms with E-state index >= 15 is 0 Å². The topological polar surface area (TPSA) is 87.0 Å². The number of rotatable bonds is 7. The molecule has 154 valence electrons. The molecule has 0 amide bonds. The van der Waals surface area contributed by atoms with E-state index in [1.54, 1.807) is 24.4 Å². The molecule has 0 aliphatic carbocycles. The highest BCUT2D eigenvalue weighted by Crippen LogP contribution is 2.37. The number of ether oxygens (including phenoxy) is 1. The molecule has 3 rings (SSSR count). The molecule has 0 fully saturated rings. The van der Waals surface area contributed by atoms with Gasteiger partial charge in [-0.1, -0.05) is 29.3 Å². The highest BCUT2D eigenvalue weighted by atomic mass is 35.5. The van der Waals surface area contributed by atoms with Crippen LogP contribution in [-0.2, 0) is 9.53 Å². The SMILES string of the molecule is COC(=O)C1=C(CN(C)CCO)NC(c2nccs2)=NC1c1ccc(Cl)cc1Cl. The molecule has 2 heterocycles. The number of nitrogens with zero attached hydrogens (tertiary/aromatic N) is 3. The van der Waals surface area contributed by atoms with Gasteiger partial charge < -0.3 is 15.2 Å². The minimum Gasteiger partial charge on any atom is -0.466 e. The van der Waals surface area contributed by atoms with Crippen molar-refractivity contribution in [2.75, 3.05) is 33.9 Å². The van der Waals surface area contributed by atoms with Crippen molar-refractivity contribution in [2.45, 2.75) is 6.04 Å². The number of nitrogens with one attached hydrogen (secondary N) is 1. The number of thiazole rings is 1. The Morgan fingerprint density at radius 3 is 2.83 bits per heavy atom. The lowest BCUT2D eigenvalue weighted by molar-refractivity contribution is -0.136. The molecule has 1 aromatic heterocycles. The lowest BCUT2D eigenvalue weighted by Gasteiger charge is -2.29. The van der Waals surface area contributed by atoms with Crippen molar-refractivity contribution in [3.63, 3.8) is 0 Å². The van der Waals surface area contributed by atoms with Crippen LogP contribution in [0.3, 0.4) is 0 Å². The van der Waals surface area contributed by atoms with Crippen LogP contribution in [0.25, 0.3) is 0 Å². The van der Waals surface area contributed by atoms with Gasteiger partial charge in [0.1, 0.15) is 6.04 Å². The van der Waals surface area contributed by atoms with Gasteiger partial charge in [-0.25, -0.2) is 9.78 Å². The van der Waals surface area contributed by atoms with E-state index in [1.165, 1.54) is 18.4 Å². The summed E-state index contributed by atoms with van der Waals surface area (Å²) < 4.78 is 5.05. The number of amidine groups is 1. The Morgan fingerprint density at radius 1 is 1.41 bits per heavy atom. The summed E-state index contributed by atoms with van der Waals surface area (Å²) in [4.78, 5) is 23.7. The van der Waals surface area contributed by atoms with Gasteiger partial charge in [0.2, 0.25) is 0 Å². The predicted octanol–water partition coefficient (Wildman–Crippen LogP) is 2.89.